The maximum absolute atomic E-state index is 9.19. The summed E-state index contributed by atoms with van der Waals surface area (Å²) in [6.45, 7) is 4.43. The number of fused-ring (bicyclic) bond motifs is 1. The average molecular weight is 265 g/mol. The van der Waals surface area contributed by atoms with Gasteiger partial charge in [-0.15, -0.1) is 0 Å². The van der Waals surface area contributed by atoms with E-state index in [0.29, 0.717) is 5.69 Å². The van der Waals surface area contributed by atoms with E-state index in [1.54, 1.807) is 0 Å². The lowest BCUT2D eigenvalue weighted by Crippen LogP contribution is -2.35. The lowest BCUT2D eigenvalue weighted by Gasteiger charge is -2.34. The van der Waals surface area contributed by atoms with Crippen molar-refractivity contribution < 1.29 is 0 Å². The zero-order valence-corrected chi connectivity index (χ0v) is 11.8. The fourth-order valence-corrected chi connectivity index (χ4v) is 3.09. The van der Waals surface area contributed by atoms with Crippen LogP contribution in [0.4, 0.5) is 5.69 Å². The molecule has 0 saturated carbocycles. The smallest absolute Gasteiger partial charge is 0.143 e. The van der Waals surface area contributed by atoms with E-state index in [1.165, 1.54) is 24.9 Å². The van der Waals surface area contributed by atoms with Crippen molar-refractivity contribution in [3.05, 3.63) is 36.0 Å². The van der Waals surface area contributed by atoms with E-state index in [1.807, 2.05) is 24.3 Å². The molecule has 3 nitrogen and oxygen atoms in total. The number of para-hydroxylation sites is 1. The van der Waals surface area contributed by atoms with Crippen LogP contribution in [0.25, 0.3) is 10.9 Å². The van der Waals surface area contributed by atoms with Crippen LogP contribution in [-0.2, 0) is 0 Å². The summed E-state index contributed by atoms with van der Waals surface area (Å²) >= 11 is 0. The van der Waals surface area contributed by atoms with Crippen molar-refractivity contribution >= 4 is 16.6 Å². The Morgan fingerprint density at radius 1 is 1.40 bits per heavy atom. The van der Waals surface area contributed by atoms with E-state index < -0.39 is 0 Å². The Labute approximate surface area is 119 Å². The van der Waals surface area contributed by atoms with E-state index in [-0.39, 0.29) is 0 Å². The van der Waals surface area contributed by atoms with Gasteiger partial charge in [0.05, 0.1) is 5.52 Å². The lowest BCUT2D eigenvalue weighted by molar-refractivity contribution is 0.405. The summed E-state index contributed by atoms with van der Waals surface area (Å²) < 4.78 is 0. The summed E-state index contributed by atoms with van der Waals surface area (Å²) in [6.07, 6.45) is 3.78. The SMILES string of the molecule is CCC1CCCN(c2cc(C#N)nc3ccccc23)C1. The molecule has 1 aliphatic heterocycles. The predicted molar refractivity (Wildman–Crippen MR) is 81.7 cm³/mol. The third-order valence-corrected chi connectivity index (χ3v) is 4.25. The zero-order chi connectivity index (χ0) is 13.9. The van der Waals surface area contributed by atoms with Gasteiger partial charge in [-0.05, 0) is 30.9 Å². The number of piperidine rings is 1. The Morgan fingerprint density at radius 2 is 2.25 bits per heavy atom. The van der Waals surface area contributed by atoms with Crippen molar-refractivity contribution in [3.63, 3.8) is 0 Å². The standard InChI is InChI=1S/C17H19N3/c1-2-13-6-5-9-20(12-13)17-10-14(11-18)19-16-8-4-3-7-15(16)17/h3-4,7-8,10,13H,2,5-6,9,12H2,1H3. The zero-order valence-electron chi connectivity index (χ0n) is 11.8. The normalized spacial score (nSPS) is 19.0. The van der Waals surface area contributed by atoms with Gasteiger partial charge in [-0.25, -0.2) is 4.98 Å². The molecule has 0 N–H and O–H groups in total. The molecule has 2 heterocycles. The second kappa shape index (κ2) is 5.50. The number of benzene rings is 1. The van der Waals surface area contributed by atoms with Gasteiger partial charge in [0, 0.05) is 24.2 Å². The maximum Gasteiger partial charge on any atom is 0.143 e. The highest BCUT2D eigenvalue weighted by molar-refractivity contribution is 5.92. The Hall–Kier alpha value is -2.08. The van der Waals surface area contributed by atoms with E-state index in [9.17, 15) is 5.26 Å². The van der Waals surface area contributed by atoms with E-state index >= 15 is 0 Å². The molecule has 102 valence electrons. The molecule has 0 spiro atoms. The quantitative estimate of drug-likeness (QED) is 0.830. The summed E-state index contributed by atoms with van der Waals surface area (Å²) in [4.78, 5) is 6.83. The number of anilines is 1. The van der Waals surface area contributed by atoms with Gasteiger partial charge in [-0.1, -0.05) is 31.5 Å². The molecule has 1 atom stereocenters. The molecule has 1 saturated heterocycles. The van der Waals surface area contributed by atoms with Gasteiger partial charge < -0.3 is 4.90 Å². The largest absolute Gasteiger partial charge is 0.371 e. The lowest BCUT2D eigenvalue weighted by atomic mass is 9.95. The minimum absolute atomic E-state index is 0.511. The van der Waals surface area contributed by atoms with Gasteiger partial charge in [-0.2, -0.15) is 5.26 Å². The first-order chi connectivity index (χ1) is 9.81. The Bertz CT molecular complexity index is 657. The van der Waals surface area contributed by atoms with Crippen LogP contribution in [0.15, 0.2) is 30.3 Å². The molecule has 1 unspecified atom stereocenters. The number of nitrogens with zero attached hydrogens (tertiary/aromatic N) is 3. The van der Waals surface area contributed by atoms with E-state index in [4.69, 9.17) is 0 Å². The monoisotopic (exact) mass is 265 g/mol. The van der Waals surface area contributed by atoms with Crippen LogP contribution >= 0.6 is 0 Å². The van der Waals surface area contributed by atoms with Gasteiger partial charge in [0.15, 0.2) is 0 Å². The van der Waals surface area contributed by atoms with Crippen molar-refractivity contribution in [1.29, 1.82) is 5.26 Å². The fraction of sp³-hybridized carbons (Fsp3) is 0.412. The van der Waals surface area contributed by atoms with E-state index in [2.05, 4.69) is 28.9 Å². The Balaban J connectivity index is 2.07. The van der Waals surface area contributed by atoms with Crippen LogP contribution in [-0.4, -0.2) is 18.1 Å². The number of hydrogen-bond acceptors (Lipinski definition) is 3. The minimum atomic E-state index is 0.511. The molecule has 1 aromatic carbocycles. The molecule has 0 radical (unpaired) electrons. The highest BCUT2D eigenvalue weighted by Gasteiger charge is 2.20. The van der Waals surface area contributed by atoms with Crippen LogP contribution in [0.2, 0.25) is 0 Å². The third kappa shape index (κ3) is 2.34. The molecular formula is C17H19N3. The van der Waals surface area contributed by atoms with Crippen molar-refractivity contribution in [2.24, 2.45) is 5.92 Å². The number of nitriles is 1. The molecule has 3 heteroatoms. The number of aromatic nitrogens is 1. The van der Waals surface area contributed by atoms with Crippen LogP contribution < -0.4 is 4.90 Å². The molecule has 3 rings (SSSR count). The van der Waals surface area contributed by atoms with Crippen LogP contribution in [0.3, 0.4) is 0 Å². The van der Waals surface area contributed by atoms with Crippen LogP contribution in [0.5, 0.6) is 0 Å². The third-order valence-electron chi connectivity index (χ3n) is 4.25. The first-order valence-corrected chi connectivity index (χ1v) is 7.36. The van der Waals surface area contributed by atoms with Gasteiger partial charge >= 0.3 is 0 Å². The summed E-state index contributed by atoms with van der Waals surface area (Å²) in [6, 6.07) is 12.2. The Morgan fingerprint density at radius 3 is 3.05 bits per heavy atom. The van der Waals surface area contributed by atoms with Gasteiger partial charge in [0.25, 0.3) is 0 Å². The predicted octanol–water partition coefficient (Wildman–Crippen LogP) is 3.73. The maximum atomic E-state index is 9.19. The molecule has 20 heavy (non-hydrogen) atoms. The molecule has 2 aromatic rings. The first kappa shape index (κ1) is 12.9. The van der Waals surface area contributed by atoms with Crippen molar-refractivity contribution in [3.8, 4) is 6.07 Å². The summed E-state index contributed by atoms with van der Waals surface area (Å²) in [5.41, 5.74) is 2.60. The molecule has 1 aromatic heterocycles. The highest BCUT2D eigenvalue weighted by atomic mass is 15.1. The molecular weight excluding hydrogens is 246 g/mol. The van der Waals surface area contributed by atoms with Gasteiger partial charge in [-0.3, -0.25) is 0 Å². The Kier molecular flexibility index (Phi) is 3.56. The highest BCUT2D eigenvalue weighted by Crippen LogP contribution is 2.31. The average Bonchev–Trinajstić information content (AvgIpc) is 2.53. The summed E-state index contributed by atoms with van der Waals surface area (Å²) in [7, 11) is 0. The number of hydrogen-bond donors (Lipinski definition) is 0. The minimum Gasteiger partial charge on any atom is -0.371 e. The van der Waals surface area contributed by atoms with Crippen LogP contribution in [0.1, 0.15) is 31.9 Å². The molecule has 0 amide bonds. The van der Waals surface area contributed by atoms with Gasteiger partial charge in [0.2, 0.25) is 0 Å². The van der Waals surface area contributed by atoms with E-state index in [0.717, 1.165) is 29.9 Å². The van der Waals surface area contributed by atoms with Gasteiger partial charge in [0.1, 0.15) is 11.8 Å². The fourth-order valence-electron chi connectivity index (χ4n) is 3.09. The second-order valence-corrected chi connectivity index (χ2v) is 5.52. The topological polar surface area (TPSA) is 39.9 Å². The molecule has 1 aliphatic rings. The second-order valence-electron chi connectivity index (χ2n) is 5.52. The summed E-state index contributed by atoms with van der Waals surface area (Å²) in [5, 5.41) is 10.3. The van der Waals surface area contributed by atoms with Crippen molar-refractivity contribution in [2.75, 3.05) is 18.0 Å². The molecule has 0 bridgehead atoms. The molecule has 0 aliphatic carbocycles. The van der Waals surface area contributed by atoms with Crippen molar-refractivity contribution in [1.82, 2.24) is 4.98 Å². The first-order valence-electron chi connectivity index (χ1n) is 7.36. The number of rotatable bonds is 2. The van der Waals surface area contributed by atoms with Crippen molar-refractivity contribution in [2.45, 2.75) is 26.2 Å². The van der Waals surface area contributed by atoms with Crippen LogP contribution in [0, 0.1) is 17.2 Å². The number of pyridine rings is 1. The summed E-state index contributed by atoms with van der Waals surface area (Å²) in [5.74, 6) is 0.765. The molecule has 1 fully saturated rings.